The molecule has 0 atom stereocenters. The molecule has 1 heterocycles. The molecule has 76 valence electrons. The van der Waals surface area contributed by atoms with Gasteiger partial charge in [0.15, 0.2) is 0 Å². The number of non-ortho nitro benzene ring substituents is 1. The second-order valence-corrected chi connectivity index (χ2v) is 3.84. The second kappa shape index (κ2) is 3.95. The number of hydrogen-bond acceptors (Lipinski definition) is 6. The fourth-order valence-electron chi connectivity index (χ4n) is 1.12. The third kappa shape index (κ3) is 1.97. The SMILES string of the molecule is O=[N+]([O-])c1ccc(S)c(-c2csnn2)c1. The Morgan fingerprint density at radius 1 is 1.47 bits per heavy atom. The molecule has 0 spiro atoms. The first kappa shape index (κ1) is 10.1. The van der Waals surface area contributed by atoms with Gasteiger partial charge in [0.1, 0.15) is 5.69 Å². The van der Waals surface area contributed by atoms with Crippen molar-refractivity contribution < 1.29 is 4.92 Å². The molecule has 0 radical (unpaired) electrons. The van der Waals surface area contributed by atoms with E-state index in [0.717, 1.165) is 0 Å². The monoisotopic (exact) mass is 239 g/mol. The third-order valence-electron chi connectivity index (χ3n) is 1.83. The van der Waals surface area contributed by atoms with Crippen molar-refractivity contribution in [3.05, 3.63) is 33.7 Å². The molecule has 0 aliphatic heterocycles. The van der Waals surface area contributed by atoms with Crippen LogP contribution in [0.1, 0.15) is 0 Å². The van der Waals surface area contributed by atoms with Crippen molar-refractivity contribution in [2.75, 3.05) is 0 Å². The highest BCUT2D eigenvalue weighted by molar-refractivity contribution is 7.80. The highest BCUT2D eigenvalue weighted by Crippen LogP contribution is 2.29. The molecule has 0 fully saturated rings. The summed E-state index contributed by atoms with van der Waals surface area (Å²) < 4.78 is 3.70. The van der Waals surface area contributed by atoms with Crippen molar-refractivity contribution in [3.63, 3.8) is 0 Å². The maximum absolute atomic E-state index is 10.6. The first-order valence-electron chi connectivity index (χ1n) is 3.93. The van der Waals surface area contributed by atoms with E-state index < -0.39 is 4.92 Å². The van der Waals surface area contributed by atoms with Crippen LogP contribution in [-0.4, -0.2) is 14.5 Å². The number of hydrogen-bond donors (Lipinski definition) is 1. The smallest absolute Gasteiger partial charge is 0.258 e. The van der Waals surface area contributed by atoms with Gasteiger partial charge in [0.25, 0.3) is 5.69 Å². The molecule has 2 rings (SSSR count). The molecular formula is C8H5N3O2S2. The summed E-state index contributed by atoms with van der Waals surface area (Å²) in [6.45, 7) is 0. The molecule has 0 aliphatic carbocycles. The Morgan fingerprint density at radius 3 is 2.87 bits per heavy atom. The Hall–Kier alpha value is -1.47. The first-order chi connectivity index (χ1) is 7.18. The van der Waals surface area contributed by atoms with Gasteiger partial charge in [0, 0.05) is 28.0 Å². The van der Waals surface area contributed by atoms with Gasteiger partial charge in [-0.3, -0.25) is 10.1 Å². The van der Waals surface area contributed by atoms with Gasteiger partial charge in [0.2, 0.25) is 0 Å². The van der Waals surface area contributed by atoms with Crippen LogP contribution in [-0.2, 0) is 0 Å². The summed E-state index contributed by atoms with van der Waals surface area (Å²) in [5, 5.41) is 16.1. The molecule has 1 aromatic carbocycles. The molecule has 7 heteroatoms. The fourth-order valence-corrected chi connectivity index (χ4v) is 1.83. The van der Waals surface area contributed by atoms with Crippen LogP contribution in [0.2, 0.25) is 0 Å². The minimum absolute atomic E-state index is 0.0239. The molecule has 1 aromatic heterocycles. The van der Waals surface area contributed by atoms with E-state index in [4.69, 9.17) is 0 Å². The van der Waals surface area contributed by atoms with Gasteiger partial charge in [-0.25, -0.2) is 0 Å². The summed E-state index contributed by atoms with van der Waals surface area (Å²) in [7, 11) is 0. The summed E-state index contributed by atoms with van der Waals surface area (Å²) in [6.07, 6.45) is 0. The van der Waals surface area contributed by atoms with E-state index in [1.165, 1.54) is 23.7 Å². The van der Waals surface area contributed by atoms with Crippen molar-refractivity contribution in [2.24, 2.45) is 0 Å². The number of rotatable bonds is 2. The van der Waals surface area contributed by atoms with E-state index >= 15 is 0 Å². The largest absolute Gasteiger partial charge is 0.270 e. The molecule has 15 heavy (non-hydrogen) atoms. The lowest BCUT2D eigenvalue weighted by molar-refractivity contribution is -0.384. The predicted octanol–water partition coefficient (Wildman–Crippen LogP) is 2.40. The number of aromatic nitrogens is 2. The Labute approximate surface area is 94.5 Å². The highest BCUT2D eigenvalue weighted by atomic mass is 32.1. The molecule has 0 amide bonds. The lowest BCUT2D eigenvalue weighted by Gasteiger charge is -2.00. The quantitative estimate of drug-likeness (QED) is 0.496. The van der Waals surface area contributed by atoms with Crippen LogP contribution in [0.3, 0.4) is 0 Å². The van der Waals surface area contributed by atoms with Crippen molar-refractivity contribution in [2.45, 2.75) is 4.90 Å². The summed E-state index contributed by atoms with van der Waals surface area (Å²) in [5.74, 6) is 0. The second-order valence-electron chi connectivity index (χ2n) is 2.75. The zero-order chi connectivity index (χ0) is 10.8. The standard InChI is InChI=1S/C8H5N3O2S2/c12-11(13)5-1-2-8(14)6(3-5)7-4-15-10-9-7/h1-4,14H. The van der Waals surface area contributed by atoms with Crippen molar-refractivity contribution in [1.29, 1.82) is 0 Å². The summed E-state index contributed by atoms with van der Waals surface area (Å²) >= 11 is 5.41. The molecule has 0 unspecified atom stereocenters. The fraction of sp³-hybridized carbons (Fsp3) is 0. The van der Waals surface area contributed by atoms with Gasteiger partial charge in [-0.05, 0) is 17.6 Å². The Kier molecular flexibility index (Phi) is 2.65. The Balaban J connectivity index is 2.55. The predicted molar refractivity (Wildman–Crippen MR) is 59.3 cm³/mol. The molecule has 0 saturated heterocycles. The van der Waals surface area contributed by atoms with E-state index in [-0.39, 0.29) is 5.69 Å². The van der Waals surface area contributed by atoms with Gasteiger partial charge in [-0.2, -0.15) is 0 Å². The van der Waals surface area contributed by atoms with Crippen molar-refractivity contribution in [3.8, 4) is 11.3 Å². The van der Waals surface area contributed by atoms with Crippen LogP contribution in [0.15, 0.2) is 28.5 Å². The van der Waals surface area contributed by atoms with Crippen LogP contribution < -0.4 is 0 Å². The summed E-state index contributed by atoms with van der Waals surface area (Å²) in [4.78, 5) is 10.8. The topological polar surface area (TPSA) is 68.9 Å². The summed E-state index contributed by atoms with van der Waals surface area (Å²) in [5.41, 5.74) is 1.26. The van der Waals surface area contributed by atoms with E-state index in [2.05, 4.69) is 22.2 Å². The number of nitro groups is 1. The normalized spacial score (nSPS) is 10.2. The minimum atomic E-state index is -0.448. The van der Waals surface area contributed by atoms with Crippen LogP contribution >= 0.6 is 24.2 Å². The van der Waals surface area contributed by atoms with Crippen LogP contribution in [0.4, 0.5) is 5.69 Å². The zero-order valence-corrected chi connectivity index (χ0v) is 9.03. The number of nitrogens with zero attached hydrogens (tertiary/aromatic N) is 3. The molecule has 0 saturated carbocycles. The average molecular weight is 239 g/mol. The van der Waals surface area contributed by atoms with Gasteiger partial charge in [-0.15, -0.1) is 17.7 Å². The number of benzene rings is 1. The van der Waals surface area contributed by atoms with Crippen LogP contribution in [0, 0.1) is 10.1 Å². The van der Waals surface area contributed by atoms with Crippen molar-refractivity contribution >= 4 is 29.8 Å². The lowest BCUT2D eigenvalue weighted by atomic mass is 10.1. The molecule has 0 bridgehead atoms. The van der Waals surface area contributed by atoms with E-state index in [0.29, 0.717) is 16.2 Å². The van der Waals surface area contributed by atoms with E-state index in [1.54, 1.807) is 11.4 Å². The van der Waals surface area contributed by atoms with E-state index in [9.17, 15) is 10.1 Å². The summed E-state index contributed by atoms with van der Waals surface area (Å²) in [6, 6.07) is 4.43. The molecule has 5 nitrogen and oxygen atoms in total. The molecule has 0 N–H and O–H groups in total. The van der Waals surface area contributed by atoms with Gasteiger partial charge in [0.05, 0.1) is 4.92 Å². The maximum Gasteiger partial charge on any atom is 0.270 e. The number of nitro benzene ring substituents is 1. The number of thiol groups is 1. The van der Waals surface area contributed by atoms with E-state index in [1.807, 2.05) is 0 Å². The maximum atomic E-state index is 10.6. The molecule has 0 aliphatic rings. The Bertz CT molecular complexity index is 499. The minimum Gasteiger partial charge on any atom is -0.258 e. The zero-order valence-electron chi connectivity index (χ0n) is 7.32. The Morgan fingerprint density at radius 2 is 2.27 bits per heavy atom. The molecule has 2 aromatic rings. The third-order valence-corrected chi connectivity index (χ3v) is 2.72. The molecular weight excluding hydrogens is 234 g/mol. The van der Waals surface area contributed by atoms with Gasteiger partial charge in [-0.1, -0.05) is 4.49 Å². The van der Waals surface area contributed by atoms with Crippen molar-refractivity contribution in [1.82, 2.24) is 9.59 Å². The first-order valence-corrected chi connectivity index (χ1v) is 5.21. The van der Waals surface area contributed by atoms with Gasteiger partial charge >= 0.3 is 0 Å². The van der Waals surface area contributed by atoms with Crippen LogP contribution in [0.5, 0.6) is 0 Å². The lowest BCUT2D eigenvalue weighted by Crippen LogP contribution is -1.89. The average Bonchev–Trinajstić information content (AvgIpc) is 2.71. The van der Waals surface area contributed by atoms with Crippen LogP contribution in [0.25, 0.3) is 11.3 Å². The highest BCUT2D eigenvalue weighted by Gasteiger charge is 2.12. The van der Waals surface area contributed by atoms with Gasteiger partial charge < -0.3 is 0 Å².